The number of carbonyl (C=O) groups excluding carboxylic acids is 3. The van der Waals surface area contributed by atoms with E-state index in [0.29, 0.717) is 24.1 Å². The van der Waals surface area contributed by atoms with Crippen molar-refractivity contribution in [2.75, 3.05) is 17.7 Å². The van der Waals surface area contributed by atoms with Crippen molar-refractivity contribution in [2.45, 2.75) is 19.0 Å². The van der Waals surface area contributed by atoms with E-state index >= 15 is 0 Å². The average molecular weight is 446 g/mol. The predicted octanol–water partition coefficient (Wildman–Crippen LogP) is 4.65. The van der Waals surface area contributed by atoms with Crippen molar-refractivity contribution < 1.29 is 32.3 Å². The predicted molar refractivity (Wildman–Crippen MR) is 112 cm³/mol. The fraction of sp³-hybridized carbons (Fsp3) is 0.261. The molecule has 2 aromatic rings. The van der Waals surface area contributed by atoms with E-state index in [1.807, 2.05) is 6.08 Å². The standard InChI is InChI=1S/C23H21F3N2O4/c1-32-22(31)14-6-10-16(11-7-14)27-20(29)18-4-2-3-5-19(18)21(30)28-17-12-8-15(9-13-17)23(24,25)26/h2-3,6-13,18-19H,4-5H2,1H3,(H,27,29)(H,28,30). The zero-order valence-electron chi connectivity index (χ0n) is 17.1. The van der Waals surface area contributed by atoms with Crippen molar-refractivity contribution in [3.63, 3.8) is 0 Å². The van der Waals surface area contributed by atoms with Gasteiger partial charge in [-0.05, 0) is 61.4 Å². The van der Waals surface area contributed by atoms with E-state index in [9.17, 15) is 27.6 Å². The molecule has 0 heterocycles. The summed E-state index contributed by atoms with van der Waals surface area (Å²) < 4.78 is 42.8. The number of allylic oxidation sites excluding steroid dienone is 2. The number of esters is 1. The molecular formula is C23H21F3N2O4. The molecule has 0 spiro atoms. The summed E-state index contributed by atoms with van der Waals surface area (Å²) in [6.45, 7) is 0. The minimum atomic E-state index is -4.46. The highest BCUT2D eigenvalue weighted by atomic mass is 19.4. The number of ether oxygens (including phenoxy) is 1. The molecule has 32 heavy (non-hydrogen) atoms. The van der Waals surface area contributed by atoms with Crippen molar-refractivity contribution in [1.29, 1.82) is 0 Å². The van der Waals surface area contributed by atoms with Gasteiger partial charge in [-0.3, -0.25) is 9.59 Å². The van der Waals surface area contributed by atoms with Crippen LogP contribution in [0, 0.1) is 11.8 Å². The molecule has 9 heteroatoms. The lowest BCUT2D eigenvalue weighted by molar-refractivity contribution is -0.137. The highest BCUT2D eigenvalue weighted by Crippen LogP contribution is 2.31. The molecule has 0 radical (unpaired) electrons. The van der Waals surface area contributed by atoms with E-state index in [0.717, 1.165) is 12.1 Å². The molecule has 2 aromatic carbocycles. The number of hydrogen-bond donors (Lipinski definition) is 2. The van der Waals surface area contributed by atoms with Crippen LogP contribution in [-0.2, 0) is 20.5 Å². The fourth-order valence-corrected chi connectivity index (χ4v) is 3.41. The summed E-state index contributed by atoms with van der Waals surface area (Å²) in [5, 5.41) is 5.33. The van der Waals surface area contributed by atoms with Gasteiger partial charge in [0.25, 0.3) is 0 Å². The third kappa shape index (κ3) is 5.54. The van der Waals surface area contributed by atoms with Gasteiger partial charge in [0.15, 0.2) is 0 Å². The number of alkyl halides is 3. The Morgan fingerprint density at radius 2 is 1.25 bits per heavy atom. The monoisotopic (exact) mass is 446 g/mol. The van der Waals surface area contributed by atoms with Crippen molar-refractivity contribution in [3.8, 4) is 0 Å². The van der Waals surface area contributed by atoms with E-state index in [1.54, 1.807) is 18.2 Å². The summed E-state index contributed by atoms with van der Waals surface area (Å²) in [6, 6.07) is 10.3. The molecule has 1 aliphatic rings. The number of carbonyl (C=O) groups is 3. The topological polar surface area (TPSA) is 84.5 Å². The third-order valence-electron chi connectivity index (χ3n) is 5.16. The van der Waals surface area contributed by atoms with Crippen LogP contribution in [0.2, 0.25) is 0 Å². The van der Waals surface area contributed by atoms with E-state index in [1.165, 1.54) is 31.4 Å². The van der Waals surface area contributed by atoms with Gasteiger partial charge in [-0.25, -0.2) is 4.79 Å². The molecule has 0 saturated heterocycles. The largest absolute Gasteiger partial charge is 0.465 e. The molecule has 0 aromatic heterocycles. The van der Waals surface area contributed by atoms with Gasteiger partial charge >= 0.3 is 12.1 Å². The van der Waals surface area contributed by atoms with Crippen LogP contribution in [0.15, 0.2) is 60.7 Å². The Bertz CT molecular complexity index is 1020. The Hall–Kier alpha value is -3.62. The lowest BCUT2D eigenvalue weighted by Gasteiger charge is -2.26. The second-order valence-corrected chi connectivity index (χ2v) is 7.28. The van der Waals surface area contributed by atoms with Crippen LogP contribution in [0.4, 0.5) is 24.5 Å². The zero-order chi connectivity index (χ0) is 23.3. The van der Waals surface area contributed by atoms with Gasteiger partial charge in [0, 0.05) is 11.4 Å². The molecule has 0 bridgehead atoms. The summed E-state index contributed by atoms with van der Waals surface area (Å²) in [6.07, 6.45) is -0.184. The second-order valence-electron chi connectivity index (χ2n) is 7.28. The van der Waals surface area contributed by atoms with Crippen molar-refractivity contribution in [1.82, 2.24) is 0 Å². The normalized spacial score (nSPS) is 18.0. The van der Waals surface area contributed by atoms with Crippen molar-refractivity contribution in [3.05, 3.63) is 71.8 Å². The first-order valence-electron chi connectivity index (χ1n) is 9.81. The van der Waals surface area contributed by atoms with E-state index in [-0.39, 0.29) is 11.6 Å². The minimum Gasteiger partial charge on any atom is -0.465 e. The van der Waals surface area contributed by atoms with Crippen LogP contribution >= 0.6 is 0 Å². The van der Waals surface area contributed by atoms with Crippen LogP contribution in [0.1, 0.15) is 28.8 Å². The summed E-state index contributed by atoms with van der Waals surface area (Å²) in [7, 11) is 1.27. The number of nitrogens with one attached hydrogen (secondary N) is 2. The number of hydrogen-bond acceptors (Lipinski definition) is 4. The Morgan fingerprint density at radius 1 is 0.812 bits per heavy atom. The maximum absolute atomic E-state index is 12.8. The Morgan fingerprint density at radius 3 is 1.66 bits per heavy atom. The van der Waals surface area contributed by atoms with E-state index < -0.39 is 35.5 Å². The van der Waals surface area contributed by atoms with Crippen molar-refractivity contribution >= 4 is 29.2 Å². The van der Waals surface area contributed by atoms with Crippen LogP contribution in [-0.4, -0.2) is 24.9 Å². The van der Waals surface area contributed by atoms with E-state index in [4.69, 9.17) is 0 Å². The first-order valence-corrected chi connectivity index (χ1v) is 9.81. The van der Waals surface area contributed by atoms with Gasteiger partial charge < -0.3 is 15.4 Å². The molecule has 1 aliphatic carbocycles. The molecule has 2 unspecified atom stereocenters. The molecule has 2 amide bonds. The molecule has 2 N–H and O–H groups in total. The first kappa shape index (κ1) is 23.1. The van der Waals surface area contributed by atoms with Crippen molar-refractivity contribution in [2.24, 2.45) is 11.8 Å². The van der Waals surface area contributed by atoms with Gasteiger partial charge in [-0.2, -0.15) is 13.2 Å². The van der Waals surface area contributed by atoms with Gasteiger partial charge in [-0.15, -0.1) is 0 Å². The first-order chi connectivity index (χ1) is 15.2. The quantitative estimate of drug-likeness (QED) is 0.517. The molecule has 0 saturated carbocycles. The van der Waals surface area contributed by atoms with Gasteiger partial charge in [-0.1, -0.05) is 12.2 Å². The van der Waals surface area contributed by atoms with Crippen LogP contribution in [0.25, 0.3) is 0 Å². The van der Waals surface area contributed by atoms with Gasteiger partial charge in [0.05, 0.1) is 30.1 Å². The number of amides is 2. The SMILES string of the molecule is COC(=O)c1ccc(NC(=O)C2CC=CCC2C(=O)Nc2ccc(C(F)(F)F)cc2)cc1. The molecule has 0 fully saturated rings. The number of methoxy groups -OCH3 is 1. The summed E-state index contributed by atoms with van der Waals surface area (Å²) in [4.78, 5) is 37.1. The zero-order valence-corrected chi connectivity index (χ0v) is 17.1. The maximum Gasteiger partial charge on any atom is 0.416 e. The highest BCUT2D eigenvalue weighted by molar-refractivity contribution is 6.00. The fourth-order valence-electron chi connectivity index (χ4n) is 3.41. The Labute approximate surface area is 182 Å². The maximum atomic E-state index is 12.8. The third-order valence-corrected chi connectivity index (χ3v) is 5.16. The smallest absolute Gasteiger partial charge is 0.416 e. The summed E-state index contributed by atoms with van der Waals surface area (Å²) in [5.41, 5.74) is 0.195. The minimum absolute atomic E-state index is 0.218. The number of benzene rings is 2. The lowest BCUT2D eigenvalue weighted by atomic mass is 9.81. The number of anilines is 2. The van der Waals surface area contributed by atoms with E-state index in [2.05, 4.69) is 15.4 Å². The summed E-state index contributed by atoms with van der Waals surface area (Å²) >= 11 is 0. The molecule has 6 nitrogen and oxygen atoms in total. The molecule has 3 rings (SSSR count). The second kappa shape index (κ2) is 9.67. The van der Waals surface area contributed by atoms with Gasteiger partial charge in [0.2, 0.25) is 11.8 Å². The molecule has 2 atom stereocenters. The van der Waals surface area contributed by atoms with Gasteiger partial charge in [0.1, 0.15) is 0 Å². The highest BCUT2D eigenvalue weighted by Gasteiger charge is 2.34. The lowest BCUT2D eigenvalue weighted by Crippen LogP contribution is -2.37. The Balaban J connectivity index is 1.67. The van der Waals surface area contributed by atoms with Crippen LogP contribution in [0.3, 0.4) is 0 Å². The molecule has 168 valence electrons. The molecule has 0 aliphatic heterocycles. The number of rotatable bonds is 5. The average Bonchev–Trinajstić information content (AvgIpc) is 2.78. The van der Waals surface area contributed by atoms with Crippen LogP contribution < -0.4 is 10.6 Å². The number of halogens is 3. The Kier molecular flexibility index (Phi) is 6.97. The van der Waals surface area contributed by atoms with Crippen LogP contribution in [0.5, 0.6) is 0 Å². The summed E-state index contributed by atoms with van der Waals surface area (Å²) in [5.74, 6) is -2.66. The molecular weight excluding hydrogens is 425 g/mol.